The van der Waals surface area contributed by atoms with Gasteiger partial charge in [-0.05, 0) is 17.2 Å². The second-order valence-corrected chi connectivity index (χ2v) is 4.30. The first kappa shape index (κ1) is 14.0. The fraction of sp³-hybridized carbons (Fsp3) is 0.118. The van der Waals surface area contributed by atoms with E-state index in [1.165, 1.54) is 6.08 Å². The van der Waals surface area contributed by atoms with E-state index in [9.17, 15) is 9.90 Å². The van der Waals surface area contributed by atoms with Crippen LogP contribution < -0.4 is 0 Å². The molecule has 0 saturated heterocycles. The largest absolute Gasteiger partial charge is 0.459 e. The number of hydrogen-bond acceptors (Lipinski definition) is 3. The van der Waals surface area contributed by atoms with E-state index in [1.807, 2.05) is 48.5 Å². The Bertz CT molecular complexity index is 561. The molecule has 3 heteroatoms. The van der Waals surface area contributed by atoms with Gasteiger partial charge in [-0.3, -0.25) is 0 Å². The smallest absolute Gasteiger partial charge is 0.330 e. The van der Waals surface area contributed by atoms with Gasteiger partial charge < -0.3 is 9.84 Å². The summed E-state index contributed by atoms with van der Waals surface area (Å²) in [4.78, 5) is 11.5. The van der Waals surface area contributed by atoms with E-state index in [2.05, 4.69) is 0 Å². The highest BCUT2D eigenvalue weighted by Gasteiger charge is 2.08. The lowest BCUT2D eigenvalue weighted by molar-refractivity contribution is -0.140. The summed E-state index contributed by atoms with van der Waals surface area (Å²) in [5.74, 6) is -0.469. The normalized spacial score (nSPS) is 12.2. The molecule has 1 N–H and O–H groups in total. The van der Waals surface area contributed by atoms with Gasteiger partial charge in [0.15, 0.2) is 0 Å². The molecule has 2 rings (SSSR count). The van der Waals surface area contributed by atoms with Crippen molar-refractivity contribution < 1.29 is 14.6 Å². The van der Waals surface area contributed by atoms with Crippen molar-refractivity contribution in [1.82, 2.24) is 0 Å². The molecule has 0 aliphatic heterocycles. The maximum atomic E-state index is 11.5. The van der Waals surface area contributed by atoms with Gasteiger partial charge in [0.05, 0.1) is 0 Å². The SMILES string of the molecule is O=C(/C=C/c1ccccc1)OC[C@H](O)c1ccccc1. The molecule has 2 aromatic carbocycles. The summed E-state index contributed by atoms with van der Waals surface area (Å²) in [7, 11) is 0. The minimum atomic E-state index is -0.801. The molecule has 0 aliphatic carbocycles. The lowest BCUT2D eigenvalue weighted by Crippen LogP contribution is -2.10. The van der Waals surface area contributed by atoms with Gasteiger partial charge in [-0.1, -0.05) is 60.7 Å². The zero-order valence-corrected chi connectivity index (χ0v) is 11.0. The highest BCUT2D eigenvalue weighted by molar-refractivity contribution is 5.87. The third kappa shape index (κ3) is 4.37. The number of aliphatic hydroxyl groups is 1. The summed E-state index contributed by atoms with van der Waals surface area (Å²) < 4.78 is 5.00. The highest BCUT2D eigenvalue weighted by Crippen LogP contribution is 2.12. The molecule has 3 nitrogen and oxygen atoms in total. The second-order valence-electron chi connectivity index (χ2n) is 4.30. The van der Waals surface area contributed by atoms with Gasteiger partial charge >= 0.3 is 5.97 Å². The number of carbonyl (C=O) groups excluding carboxylic acids is 1. The number of ether oxygens (including phenoxy) is 1. The number of esters is 1. The molecule has 2 aromatic rings. The first-order valence-corrected chi connectivity index (χ1v) is 6.38. The molecule has 1 atom stereocenters. The summed E-state index contributed by atoms with van der Waals surface area (Å²) in [6, 6.07) is 18.6. The molecule has 0 saturated carbocycles. The molecular formula is C17H16O3. The molecule has 0 aliphatic rings. The predicted molar refractivity (Wildman–Crippen MR) is 77.8 cm³/mol. The maximum absolute atomic E-state index is 11.5. The van der Waals surface area contributed by atoms with Crippen molar-refractivity contribution in [3.63, 3.8) is 0 Å². The quantitative estimate of drug-likeness (QED) is 0.670. The number of aliphatic hydroxyl groups excluding tert-OH is 1. The van der Waals surface area contributed by atoms with Crippen LogP contribution in [-0.4, -0.2) is 17.7 Å². The van der Waals surface area contributed by atoms with Crippen molar-refractivity contribution in [3.8, 4) is 0 Å². The lowest BCUT2D eigenvalue weighted by atomic mass is 10.1. The predicted octanol–water partition coefficient (Wildman–Crippen LogP) is 2.98. The van der Waals surface area contributed by atoms with E-state index in [0.717, 1.165) is 11.1 Å². The summed E-state index contributed by atoms with van der Waals surface area (Å²) in [5, 5.41) is 9.85. The highest BCUT2D eigenvalue weighted by atomic mass is 16.5. The van der Waals surface area contributed by atoms with Crippen LogP contribution in [0.2, 0.25) is 0 Å². The summed E-state index contributed by atoms with van der Waals surface area (Å²) in [6.45, 7) is -0.0536. The van der Waals surface area contributed by atoms with Gasteiger partial charge in [0.2, 0.25) is 0 Å². The molecule has 0 amide bonds. The average molecular weight is 268 g/mol. The van der Waals surface area contributed by atoms with Crippen molar-refractivity contribution in [2.24, 2.45) is 0 Å². The van der Waals surface area contributed by atoms with E-state index in [-0.39, 0.29) is 6.61 Å². The second kappa shape index (κ2) is 7.26. The molecule has 0 unspecified atom stereocenters. The molecule has 0 aromatic heterocycles. The minimum absolute atomic E-state index is 0.0536. The number of carbonyl (C=O) groups is 1. The van der Waals surface area contributed by atoms with Gasteiger partial charge in [0, 0.05) is 6.08 Å². The molecule has 0 spiro atoms. The first-order chi connectivity index (χ1) is 9.75. The van der Waals surface area contributed by atoms with Crippen LogP contribution in [0.5, 0.6) is 0 Å². The number of hydrogen-bond donors (Lipinski definition) is 1. The number of benzene rings is 2. The standard InChI is InChI=1S/C17H16O3/c18-16(15-9-5-2-6-10-15)13-20-17(19)12-11-14-7-3-1-4-8-14/h1-12,16,18H,13H2/b12-11+/t16-/m0/s1. The van der Waals surface area contributed by atoms with E-state index >= 15 is 0 Å². The van der Waals surface area contributed by atoms with Crippen LogP contribution >= 0.6 is 0 Å². The molecule has 102 valence electrons. The van der Waals surface area contributed by atoms with Gasteiger partial charge in [0.1, 0.15) is 12.7 Å². The Morgan fingerprint density at radius 3 is 2.30 bits per heavy atom. The number of rotatable bonds is 5. The Morgan fingerprint density at radius 2 is 1.65 bits per heavy atom. The lowest BCUT2D eigenvalue weighted by Gasteiger charge is -2.10. The summed E-state index contributed by atoms with van der Waals surface area (Å²) >= 11 is 0. The molecule has 20 heavy (non-hydrogen) atoms. The van der Waals surface area contributed by atoms with Crippen molar-refractivity contribution in [1.29, 1.82) is 0 Å². The maximum Gasteiger partial charge on any atom is 0.330 e. The van der Waals surface area contributed by atoms with Crippen LogP contribution in [-0.2, 0) is 9.53 Å². The van der Waals surface area contributed by atoms with Crippen molar-refractivity contribution >= 4 is 12.0 Å². The van der Waals surface area contributed by atoms with E-state index in [1.54, 1.807) is 18.2 Å². The van der Waals surface area contributed by atoms with E-state index in [0.29, 0.717) is 0 Å². The Hall–Kier alpha value is -2.39. The van der Waals surface area contributed by atoms with Crippen LogP contribution in [0.15, 0.2) is 66.7 Å². The summed E-state index contributed by atoms with van der Waals surface area (Å²) in [6.07, 6.45) is 2.23. The third-order valence-electron chi connectivity index (χ3n) is 2.78. The van der Waals surface area contributed by atoms with Crippen LogP contribution in [0.25, 0.3) is 6.08 Å². The third-order valence-corrected chi connectivity index (χ3v) is 2.78. The molecule has 0 fully saturated rings. The Kier molecular flexibility index (Phi) is 5.09. The van der Waals surface area contributed by atoms with Gasteiger partial charge in [0.25, 0.3) is 0 Å². The zero-order chi connectivity index (χ0) is 14.2. The Labute approximate surface area is 118 Å². The molecular weight excluding hydrogens is 252 g/mol. The topological polar surface area (TPSA) is 46.5 Å². The average Bonchev–Trinajstić information content (AvgIpc) is 2.52. The molecule has 0 heterocycles. The van der Waals surface area contributed by atoms with Crippen LogP contribution in [0, 0.1) is 0 Å². The van der Waals surface area contributed by atoms with Crippen LogP contribution in [0.1, 0.15) is 17.2 Å². The Morgan fingerprint density at radius 1 is 1.05 bits per heavy atom. The zero-order valence-electron chi connectivity index (χ0n) is 11.0. The monoisotopic (exact) mass is 268 g/mol. The minimum Gasteiger partial charge on any atom is -0.459 e. The van der Waals surface area contributed by atoms with Crippen molar-refractivity contribution in [2.75, 3.05) is 6.61 Å². The van der Waals surface area contributed by atoms with E-state index < -0.39 is 12.1 Å². The van der Waals surface area contributed by atoms with Gasteiger partial charge in [-0.15, -0.1) is 0 Å². The fourth-order valence-electron chi connectivity index (χ4n) is 1.71. The van der Waals surface area contributed by atoms with Gasteiger partial charge in [-0.25, -0.2) is 4.79 Å². The van der Waals surface area contributed by atoms with Crippen molar-refractivity contribution in [2.45, 2.75) is 6.10 Å². The summed E-state index contributed by atoms with van der Waals surface area (Å²) in [5.41, 5.74) is 1.65. The van der Waals surface area contributed by atoms with Crippen LogP contribution in [0.4, 0.5) is 0 Å². The Balaban J connectivity index is 1.82. The van der Waals surface area contributed by atoms with Crippen molar-refractivity contribution in [3.05, 3.63) is 77.9 Å². The van der Waals surface area contributed by atoms with Crippen LogP contribution in [0.3, 0.4) is 0 Å². The molecule has 0 radical (unpaired) electrons. The van der Waals surface area contributed by atoms with E-state index in [4.69, 9.17) is 4.74 Å². The molecule has 0 bridgehead atoms. The fourth-order valence-corrected chi connectivity index (χ4v) is 1.71. The first-order valence-electron chi connectivity index (χ1n) is 6.38. The van der Waals surface area contributed by atoms with Gasteiger partial charge in [-0.2, -0.15) is 0 Å².